The fourth-order valence-electron chi connectivity index (χ4n) is 3.38. The first kappa shape index (κ1) is 20.7. The summed E-state index contributed by atoms with van der Waals surface area (Å²) in [5.41, 5.74) is 1.99. The van der Waals surface area contributed by atoms with Crippen LogP contribution >= 0.6 is 35.1 Å². The molecule has 2 saturated heterocycles. The van der Waals surface area contributed by atoms with Crippen LogP contribution in [-0.4, -0.2) is 37.5 Å². The van der Waals surface area contributed by atoms with Gasteiger partial charge in [0.25, 0.3) is 5.91 Å². The maximum Gasteiger partial charge on any atom is 0.257 e. The summed E-state index contributed by atoms with van der Waals surface area (Å²) in [5, 5.41) is 3.81. The molecule has 2 aromatic carbocycles. The number of hydrogen-bond donors (Lipinski definition) is 1. The summed E-state index contributed by atoms with van der Waals surface area (Å²) in [6, 6.07) is 10.8. The Hall–Kier alpha value is -1.60. The Balaban J connectivity index is 1.49. The fourth-order valence-corrected chi connectivity index (χ4v) is 4.81. The quantitative estimate of drug-likeness (QED) is 0.592. The molecule has 8 heteroatoms. The van der Waals surface area contributed by atoms with E-state index in [0.717, 1.165) is 37.2 Å². The summed E-state index contributed by atoms with van der Waals surface area (Å²) in [5.74, 6) is 1.44. The number of hydrogen-bond acceptors (Lipinski definition) is 5. The minimum absolute atomic E-state index is 0.0925. The molecule has 0 saturated carbocycles. The third-order valence-electron chi connectivity index (χ3n) is 4.84. The number of carbonyl (C=O) groups excluding carboxylic acids is 1. The molecule has 0 aliphatic carbocycles. The van der Waals surface area contributed by atoms with Gasteiger partial charge in [0, 0.05) is 47.6 Å². The molecular weight excluding hydrogens is 431 g/mol. The number of anilines is 2. The predicted octanol–water partition coefficient (Wildman–Crippen LogP) is 5.66. The van der Waals surface area contributed by atoms with E-state index in [1.165, 1.54) is 0 Å². The molecule has 2 aliphatic heterocycles. The number of nitrogens with zero attached hydrogens (tertiary/aromatic N) is 1. The molecule has 2 aromatic rings. The van der Waals surface area contributed by atoms with E-state index in [9.17, 15) is 4.79 Å². The number of benzene rings is 2. The predicted molar refractivity (Wildman–Crippen MR) is 120 cm³/mol. The van der Waals surface area contributed by atoms with Gasteiger partial charge in [-0.1, -0.05) is 23.2 Å². The van der Waals surface area contributed by atoms with Crippen LogP contribution < -0.4 is 14.4 Å². The van der Waals surface area contributed by atoms with E-state index in [0.29, 0.717) is 40.3 Å². The third-order valence-corrected chi connectivity index (χ3v) is 6.56. The summed E-state index contributed by atoms with van der Waals surface area (Å²) in [6.07, 6.45) is 2.90. The van der Waals surface area contributed by atoms with Crippen molar-refractivity contribution in [2.75, 3.05) is 35.1 Å². The second kappa shape index (κ2) is 9.47. The second-order valence-electron chi connectivity index (χ2n) is 7.01. The lowest BCUT2D eigenvalue weighted by molar-refractivity contribution is 0.0256. The van der Waals surface area contributed by atoms with Gasteiger partial charge in [-0.25, -0.2) is 0 Å². The Morgan fingerprint density at radius 1 is 1.17 bits per heavy atom. The minimum atomic E-state index is -0.277. The molecule has 1 N–H and O–H groups in total. The summed E-state index contributed by atoms with van der Waals surface area (Å²) >= 11 is 14.3. The van der Waals surface area contributed by atoms with Crippen molar-refractivity contribution in [2.45, 2.75) is 25.4 Å². The van der Waals surface area contributed by atoms with Gasteiger partial charge >= 0.3 is 0 Å². The Bertz CT molecular complexity index is 884. The van der Waals surface area contributed by atoms with E-state index < -0.39 is 0 Å². The maximum atomic E-state index is 12.9. The van der Waals surface area contributed by atoms with Crippen LogP contribution in [0.5, 0.6) is 5.75 Å². The van der Waals surface area contributed by atoms with Crippen molar-refractivity contribution in [2.24, 2.45) is 0 Å². The molecule has 1 amide bonds. The van der Waals surface area contributed by atoms with Crippen molar-refractivity contribution in [3.63, 3.8) is 0 Å². The molecule has 0 spiro atoms. The molecule has 0 aromatic heterocycles. The van der Waals surface area contributed by atoms with Crippen LogP contribution in [0.15, 0.2) is 36.4 Å². The third kappa shape index (κ3) is 5.31. The summed E-state index contributed by atoms with van der Waals surface area (Å²) in [4.78, 5) is 12.9. The Morgan fingerprint density at radius 3 is 2.76 bits per heavy atom. The van der Waals surface area contributed by atoms with E-state index in [1.807, 2.05) is 12.1 Å². The largest absolute Gasteiger partial charge is 0.490 e. The molecule has 2 heterocycles. The lowest BCUT2D eigenvalue weighted by atomic mass is 10.1. The highest BCUT2D eigenvalue weighted by Crippen LogP contribution is 2.32. The van der Waals surface area contributed by atoms with Crippen LogP contribution in [-0.2, 0) is 4.74 Å². The number of ether oxygens (including phenoxy) is 2. The van der Waals surface area contributed by atoms with Gasteiger partial charge in [0.1, 0.15) is 11.9 Å². The van der Waals surface area contributed by atoms with Crippen molar-refractivity contribution in [3.8, 4) is 5.75 Å². The highest BCUT2D eigenvalue weighted by molar-refractivity contribution is 8.00. The topological polar surface area (TPSA) is 50.8 Å². The van der Waals surface area contributed by atoms with Gasteiger partial charge < -0.3 is 19.1 Å². The highest BCUT2D eigenvalue weighted by atomic mass is 35.5. The number of halogens is 2. The van der Waals surface area contributed by atoms with Crippen molar-refractivity contribution >= 4 is 52.4 Å². The molecule has 2 aliphatic rings. The Kier molecular flexibility index (Phi) is 6.75. The lowest BCUT2D eigenvalue weighted by Crippen LogP contribution is -2.25. The van der Waals surface area contributed by atoms with Crippen molar-refractivity contribution < 1.29 is 14.3 Å². The minimum Gasteiger partial charge on any atom is -0.490 e. The van der Waals surface area contributed by atoms with Gasteiger partial charge in [-0.05, 0) is 48.7 Å². The van der Waals surface area contributed by atoms with E-state index >= 15 is 0 Å². The normalized spacial score (nSPS) is 17.4. The van der Waals surface area contributed by atoms with Gasteiger partial charge in [-0.15, -0.1) is 0 Å². The van der Waals surface area contributed by atoms with Crippen molar-refractivity contribution in [1.82, 2.24) is 0 Å². The molecule has 0 radical (unpaired) electrons. The monoisotopic (exact) mass is 452 g/mol. The van der Waals surface area contributed by atoms with E-state index in [-0.39, 0.29) is 12.0 Å². The van der Waals surface area contributed by atoms with Gasteiger partial charge in [-0.3, -0.25) is 4.79 Å². The van der Waals surface area contributed by atoms with Crippen LogP contribution in [0.25, 0.3) is 0 Å². The summed E-state index contributed by atoms with van der Waals surface area (Å²) < 4.78 is 13.6. The molecule has 29 heavy (non-hydrogen) atoms. The molecule has 2 fully saturated rings. The van der Waals surface area contributed by atoms with Crippen molar-refractivity contribution in [3.05, 3.63) is 52.0 Å². The summed E-state index contributed by atoms with van der Waals surface area (Å²) in [7, 11) is 0. The zero-order chi connectivity index (χ0) is 20.2. The van der Waals surface area contributed by atoms with E-state index in [2.05, 4.69) is 9.62 Å². The average molecular weight is 453 g/mol. The zero-order valence-corrected chi connectivity index (χ0v) is 18.2. The van der Waals surface area contributed by atoms with Crippen LogP contribution in [0.4, 0.5) is 11.4 Å². The van der Waals surface area contributed by atoms with Crippen LogP contribution in [0, 0.1) is 0 Å². The van der Waals surface area contributed by atoms with Crippen molar-refractivity contribution in [1.29, 1.82) is 0 Å². The fraction of sp³-hybridized carbons (Fsp3) is 0.381. The van der Waals surface area contributed by atoms with Gasteiger partial charge in [0.15, 0.2) is 0 Å². The van der Waals surface area contributed by atoms with E-state index in [1.54, 1.807) is 36.2 Å². The lowest BCUT2D eigenvalue weighted by Gasteiger charge is -2.23. The Morgan fingerprint density at radius 2 is 2.00 bits per heavy atom. The molecule has 0 atom stereocenters. The number of rotatable bonds is 5. The molecule has 0 unspecified atom stereocenters. The molecule has 5 nitrogen and oxygen atoms in total. The number of carbonyl (C=O) groups is 1. The molecular formula is C21H22Cl2N2O3S. The summed E-state index contributed by atoms with van der Waals surface area (Å²) in [6.45, 7) is 2.35. The smallest absolute Gasteiger partial charge is 0.257 e. The van der Waals surface area contributed by atoms with Gasteiger partial charge in [-0.2, -0.15) is 0 Å². The van der Waals surface area contributed by atoms with Crippen LogP contribution in [0.2, 0.25) is 10.0 Å². The Labute approximate surface area is 184 Å². The van der Waals surface area contributed by atoms with E-state index in [4.69, 9.17) is 32.7 Å². The second-order valence-corrected chi connectivity index (χ2v) is 8.96. The average Bonchev–Trinajstić information content (AvgIpc) is 3.23. The molecule has 154 valence electrons. The SMILES string of the molecule is O=C(Nc1cc(Cl)cc(OC2CCOCC2)c1)c1cc(N2CCCS2)ccc1Cl. The van der Waals surface area contributed by atoms with Gasteiger partial charge in [0.05, 0.1) is 23.8 Å². The molecule has 4 rings (SSSR count). The van der Waals surface area contributed by atoms with Gasteiger partial charge in [0.2, 0.25) is 0 Å². The number of amides is 1. The zero-order valence-electron chi connectivity index (χ0n) is 15.8. The van der Waals surface area contributed by atoms with Crippen LogP contribution in [0.3, 0.4) is 0 Å². The maximum absolute atomic E-state index is 12.9. The molecule has 0 bridgehead atoms. The highest BCUT2D eigenvalue weighted by Gasteiger charge is 2.19. The van der Waals surface area contributed by atoms with Crippen LogP contribution in [0.1, 0.15) is 29.6 Å². The first-order valence-corrected chi connectivity index (χ1v) is 11.3. The number of nitrogens with one attached hydrogen (secondary N) is 1. The standard InChI is InChI=1S/C21H22Cl2N2O3S/c22-14-10-15(12-18(11-14)28-17-4-7-27-8-5-17)24-21(26)19-13-16(2-3-20(19)23)25-6-1-9-29-25/h2-3,10-13,17H,1,4-9H2,(H,24,26). The first-order valence-electron chi connectivity index (χ1n) is 9.65. The first-order chi connectivity index (χ1) is 14.1.